The molecule has 1 aliphatic rings. The number of aliphatic carboxylic acids is 1. The molecule has 15 heavy (non-hydrogen) atoms. The highest BCUT2D eigenvalue weighted by Crippen LogP contribution is 2.17. The SMILES string of the molecule is O=CCOC(=O)N1CCCC(C(=O)O)C1. The zero-order valence-corrected chi connectivity index (χ0v) is 8.22. The minimum absolute atomic E-state index is 0.160. The summed E-state index contributed by atoms with van der Waals surface area (Å²) in [6.07, 6.45) is 1.09. The molecule has 0 radical (unpaired) electrons. The number of nitrogens with zero attached hydrogens (tertiary/aromatic N) is 1. The summed E-state index contributed by atoms with van der Waals surface area (Å²) in [5.41, 5.74) is 0. The first kappa shape index (κ1) is 11.5. The van der Waals surface area contributed by atoms with Crippen LogP contribution in [0.3, 0.4) is 0 Å². The third kappa shape index (κ3) is 3.23. The van der Waals surface area contributed by atoms with Gasteiger partial charge in [0.2, 0.25) is 0 Å². The second-order valence-corrected chi connectivity index (χ2v) is 3.37. The number of aldehydes is 1. The average Bonchev–Trinajstić information content (AvgIpc) is 2.26. The Kier molecular flexibility index (Phi) is 4.08. The number of ether oxygens (including phenoxy) is 1. The molecule has 6 heteroatoms. The predicted molar refractivity (Wildman–Crippen MR) is 49.3 cm³/mol. The van der Waals surface area contributed by atoms with Gasteiger partial charge in [-0.3, -0.25) is 9.59 Å². The van der Waals surface area contributed by atoms with Crippen molar-refractivity contribution in [3.8, 4) is 0 Å². The van der Waals surface area contributed by atoms with Crippen LogP contribution in [0.4, 0.5) is 4.79 Å². The molecule has 0 aromatic rings. The maximum atomic E-state index is 11.3. The summed E-state index contributed by atoms with van der Waals surface area (Å²) in [6.45, 7) is 0.363. The summed E-state index contributed by atoms with van der Waals surface area (Å²) in [5, 5.41) is 8.78. The number of carbonyl (C=O) groups is 3. The van der Waals surface area contributed by atoms with Gasteiger partial charge in [-0.1, -0.05) is 0 Å². The molecule has 1 amide bonds. The summed E-state index contributed by atoms with van der Waals surface area (Å²) in [4.78, 5) is 33.3. The van der Waals surface area contributed by atoms with Gasteiger partial charge in [0.05, 0.1) is 5.92 Å². The van der Waals surface area contributed by atoms with Crippen molar-refractivity contribution in [2.75, 3.05) is 19.7 Å². The zero-order valence-electron chi connectivity index (χ0n) is 8.22. The van der Waals surface area contributed by atoms with E-state index >= 15 is 0 Å². The maximum Gasteiger partial charge on any atom is 0.410 e. The molecule has 84 valence electrons. The molecule has 0 aromatic heterocycles. The number of hydrogen-bond acceptors (Lipinski definition) is 4. The molecule has 0 bridgehead atoms. The van der Waals surface area contributed by atoms with Crippen LogP contribution in [0.15, 0.2) is 0 Å². The number of rotatable bonds is 3. The lowest BCUT2D eigenvalue weighted by atomic mass is 9.99. The van der Waals surface area contributed by atoms with Crippen molar-refractivity contribution in [3.05, 3.63) is 0 Å². The molecular weight excluding hydrogens is 202 g/mol. The number of carbonyl (C=O) groups excluding carboxylic acids is 2. The van der Waals surface area contributed by atoms with Crippen LogP contribution in [0, 0.1) is 5.92 Å². The van der Waals surface area contributed by atoms with Gasteiger partial charge in [0.25, 0.3) is 0 Å². The van der Waals surface area contributed by atoms with Crippen molar-refractivity contribution in [3.63, 3.8) is 0 Å². The molecule has 0 spiro atoms. The lowest BCUT2D eigenvalue weighted by molar-refractivity contribution is -0.143. The highest BCUT2D eigenvalue weighted by atomic mass is 16.6. The van der Waals surface area contributed by atoms with E-state index in [-0.39, 0.29) is 13.2 Å². The number of carboxylic acid groups (broad SMARTS) is 1. The lowest BCUT2D eigenvalue weighted by Gasteiger charge is -2.29. The summed E-state index contributed by atoms with van der Waals surface area (Å²) >= 11 is 0. The molecular formula is C9H13NO5. The van der Waals surface area contributed by atoms with Crippen LogP contribution >= 0.6 is 0 Å². The van der Waals surface area contributed by atoms with Crippen LogP contribution in [0.5, 0.6) is 0 Å². The van der Waals surface area contributed by atoms with E-state index in [2.05, 4.69) is 4.74 Å². The van der Waals surface area contributed by atoms with Gasteiger partial charge < -0.3 is 14.7 Å². The Bertz CT molecular complexity index is 265. The zero-order chi connectivity index (χ0) is 11.3. The van der Waals surface area contributed by atoms with Gasteiger partial charge in [-0.15, -0.1) is 0 Å². The second-order valence-electron chi connectivity index (χ2n) is 3.37. The summed E-state index contributed by atoms with van der Waals surface area (Å²) in [7, 11) is 0. The van der Waals surface area contributed by atoms with Gasteiger partial charge in [0, 0.05) is 13.1 Å². The van der Waals surface area contributed by atoms with Crippen LogP contribution in [0.25, 0.3) is 0 Å². The molecule has 1 N–H and O–H groups in total. The van der Waals surface area contributed by atoms with Crippen molar-refractivity contribution in [2.45, 2.75) is 12.8 Å². The van der Waals surface area contributed by atoms with Crippen LogP contribution < -0.4 is 0 Å². The molecule has 1 rings (SSSR count). The first-order chi connectivity index (χ1) is 7.15. The topological polar surface area (TPSA) is 83.9 Å². The fourth-order valence-corrected chi connectivity index (χ4v) is 1.54. The van der Waals surface area contributed by atoms with Crippen molar-refractivity contribution >= 4 is 18.3 Å². The smallest absolute Gasteiger partial charge is 0.410 e. The monoisotopic (exact) mass is 215 g/mol. The lowest BCUT2D eigenvalue weighted by Crippen LogP contribution is -2.42. The minimum Gasteiger partial charge on any atom is -0.481 e. The predicted octanol–water partition coefficient (Wildman–Crippen LogP) is 0.118. The first-order valence-corrected chi connectivity index (χ1v) is 4.73. The molecule has 6 nitrogen and oxygen atoms in total. The number of likely N-dealkylation sites (tertiary alicyclic amines) is 1. The van der Waals surface area contributed by atoms with Crippen LogP contribution in [0.2, 0.25) is 0 Å². The van der Waals surface area contributed by atoms with E-state index in [9.17, 15) is 14.4 Å². The van der Waals surface area contributed by atoms with E-state index in [1.165, 1.54) is 4.90 Å². The van der Waals surface area contributed by atoms with Crippen molar-refractivity contribution in [1.29, 1.82) is 0 Å². The van der Waals surface area contributed by atoms with Crippen LogP contribution in [-0.4, -0.2) is 48.1 Å². The largest absolute Gasteiger partial charge is 0.481 e. The highest BCUT2D eigenvalue weighted by molar-refractivity contribution is 5.73. The molecule has 0 aliphatic carbocycles. The van der Waals surface area contributed by atoms with Crippen molar-refractivity contribution < 1.29 is 24.2 Å². The van der Waals surface area contributed by atoms with Gasteiger partial charge in [0.1, 0.15) is 6.61 Å². The standard InChI is InChI=1S/C9H13NO5/c11-4-5-15-9(14)10-3-1-2-7(6-10)8(12)13/h4,7H,1-3,5-6H2,(H,12,13). The van der Waals surface area contributed by atoms with Gasteiger partial charge in [-0.2, -0.15) is 0 Å². The summed E-state index contributed by atoms with van der Waals surface area (Å²) < 4.78 is 4.58. The number of carboxylic acids is 1. The second kappa shape index (κ2) is 5.33. The van der Waals surface area contributed by atoms with Gasteiger partial charge in [0.15, 0.2) is 6.29 Å². The highest BCUT2D eigenvalue weighted by Gasteiger charge is 2.28. The number of hydrogen-bond donors (Lipinski definition) is 1. The fraction of sp³-hybridized carbons (Fsp3) is 0.667. The Morgan fingerprint density at radius 3 is 2.87 bits per heavy atom. The van der Waals surface area contributed by atoms with Crippen molar-refractivity contribution in [2.24, 2.45) is 5.92 Å². The molecule has 1 atom stereocenters. The van der Waals surface area contributed by atoms with E-state index in [1.807, 2.05) is 0 Å². The Morgan fingerprint density at radius 2 is 2.27 bits per heavy atom. The quantitative estimate of drug-likeness (QED) is 0.676. The van der Waals surface area contributed by atoms with Crippen LogP contribution in [-0.2, 0) is 14.3 Å². The van der Waals surface area contributed by atoms with E-state index in [1.54, 1.807) is 0 Å². The molecule has 0 aromatic carbocycles. The third-order valence-electron chi connectivity index (χ3n) is 2.30. The van der Waals surface area contributed by atoms with E-state index in [0.717, 1.165) is 0 Å². The minimum atomic E-state index is -0.900. The summed E-state index contributed by atoms with van der Waals surface area (Å²) in [5.74, 6) is -1.43. The Labute approximate surface area is 86.8 Å². The molecule has 1 unspecified atom stereocenters. The molecule has 1 saturated heterocycles. The Morgan fingerprint density at radius 1 is 1.53 bits per heavy atom. The van der Waals surface area contributed by atoms with Crippen molar-refractivity contribution in [1.82, 2.24) is 4.90 Å². The van der Waals surface area contributed by atoms with Gasteiger partial charge >= 0.3 is 12.1 Å². The van der Waals surface area contributed by atoms with E-state index < -0.39 is 18.0 Å². The third-order valence-corrected chi connectivity index (χ3v) is 2.30. The fourth-order valence-electron chi connectivity index (χ4n) is 1.54. The average molecular weight is 215 g/mol. The molecule has 1 heterocycles. The van der Waals surface area contributed by atoms with E-state index in [0.29, 0.717) is 25.7 Å². The maximum absolute atomic E-state index is 11.3. The van der Waals surface area contributed by atoms with Crippen LogP contribution in [0.1, 0.15) is 12.8 Å². The number of amides is 1. The molecule has 0 saturated carbocycles. The van der Waals surface area contributed by atoms with E-state index in [4.69, 9.17) is 5.11 Å². The molecule has 1 aliphatic heterocycles. The van der Waals surface area contributed by atoms with Gasteiger partial charge in [-0.05, 0) is 12.8 Å². The Balaban J connectivity index is 2.44. The molecule has 1 fully saturated rings. The normalized spacial score (nSPS) is 20.8. The number of piperidine rings is 1. The first-order valence-electron chi connectivity index (χ1n) is 4.73. The Hall–Kier alpha value is -1.59. The van der Waals surface area contributed by atoms with Gasteiger partial charge in [-0.25, -0.2) is 4.79 Å². The summed E-state index contributed by atoms with van der Waals surface area (Å²) in [6, 6.07) is 0.